The Balaban J connectivity index is 1.85. The molecule has 1 fully saturated rings. The van der Waals surface area contributed by atoms with Gasteiger partial charge in [0.25, 0.3) is 0 Å². The minimum Gasteiger partial charge on any atom is -0.439 e. The Morgan fingerprint density at radius 2 is 2.04 bits per heavy atom. The number of piperidine rings is 1. The van der Waals surface area contributed by atoms with E-state index in [9.17, 15) is 0 Å². The summed E-state index contributed by atoms with van der Waals surface area (Å²) in [4.78, 5) is 11.5. The fraction of sp³-hybridized carbons (Fsp3) is 0.450. The molecule has 0 aliphatic carbocycles. The number of hydrogen-bond acceptors (Lipinski definition) is 5. The molecule has 1 aliphatic rings. The van der Waals surface area contributed by atoms with E-state index in [-0.39, 0.29) is 6.04 Å². The van der Waals surface area contributed by atoms with Gasteiger partial charge in [-0.25, -0.2) is 0 Å². The minimum absolute atomic E-state index is 0.233. The molecule has 0 saturated carbocycles. The molecule has 27 heavy (non-hydrogen) atoms. The molecule has 0 radical (unpaired) electrons. The zero-order chi connectivity index (χ0) is 19.2. The number of hydrogen-bond donors (Lipinski definition) is 2. The summed E-state index contributed by atoms with van der Waals surface area (Å²) in [7, 11) is 0. The average molecular weight is 386 g/mol. The molecule has 1 atom stereocenters. The Morgan fingerprint density at radius 1 is 1.26 bits per heavy atom. The van der Waals surface area contributed by atoms with E-state index in [1.165, 1.54) is 6.42 Å². The second kappa shape index (κ2) is 8.99. The maximum atomic E-state index is 5.96. The molecule has 1 aromatic carbocycles. The maximum absolute atomic E-state index is 5.96. The molecule has 0 amide bonds. The largest absolute Gasteiger partial charge is 0.439 e. The molecule has 6 nitrogen and oxygen atoms in total. The number of nitrogens with zero attached hydrogens (tertiary/aromatic N) is 3. The Hall–Kier alpha value is -2.41. The van der Waals surface area contributed by atoms with Crippen LogP contribution in [-0.2, 0) is 0 Å². The molecule has 1 aromatic heterocycles. The molecule has 2 N–H and O–H groups in total. The van der Waals surface area contributed by atoms with Gasteiger partial charge in [0.15, 0.2) is 5.11 Å². The topological polar surface area (TPSA) is 62.3 Å². The molecule has 0 unspecified atom stereocenters. The van der Waals surface area contributed by atoms with Crippen molar-refractivity contribution in [2.24, 2.45) is 5.92 Å². The smallest absolute Gasteiger partial charge is 0.234 e. The quantitative estimate of drug-likeness (QED) is 0.748. The van der Waals surface area contributed by atoms with Gasteiger partial charge in [-0.3, -0.25) is 0 Å². The predicted octanol–water partition coefficient (Wildman–Crippen LogP) is 4.20. The summed E-state index contributed by atoms with van der Waals surface area (Å²) in [6.07, 6.45) is 2.42. The van der Waals surface area contributed by atoms with Crippen LogP contribution in [0.4, 0.5) is 11.8 Å². The predicted molar refractivity (Wildman–Crippen MR) is 114 cm³/mol. The van der Waals surface area contributed by atoms with Gasteiger partial charge in [0.2, 0.25) is 11.8 Å². The van der Waals surface area contributed by atoms with E-state index in [0.29, 0.717) is 22.9 Å². The van der Waals surface area contributed by atoms with Crippen LogP contribution in [0.3, 0.4) is 0 Å². The first-order valence-electron chi connectivity index (χ1n) is 9.44. The first-order valence-corrected chi connectivity index (χ1v) is 9.85. The van der Waals surface area contributed by atoms with Gasteiger partial charge < -0.3 is 20.3 Å². The number of aromatic nitrogens is 2. The van der Waals surface area contributed by atoms with Crippen molar-refractivity contribution in [2.45, 2.75) is 39.7 Å². The van der Waals surface area contributed by atoms with E-state index in [2.05, 4.69) is 32.4 Å². The third-order valence-electron chi connectivity index (χ3n) is 4.28. The molecule has 2 heterocycles. The van der Waals surface area contributed by atoms with Crippen molar-refractivity contribution in [3.63, 3.8) is 0 Å². The highest BCUT2D eigenvalue weighted by molar-refractivity contribution is 7.80. The van der Waals surface area contributed by atoms with Crippen LogP contribution in [0, 0.1) is 5.92 Å². The number of para-hydroxylation sites is 1. The lowest BCUT2D eigenvalue weighted by atomic mass is 10.0. The van der Waals surface area contributed by atoms with Crippen LogP contribution < -0.4 is 20.3 Å². The fourth-order valence-electron chi connectivity index (χ4n) is 3.09. The van der Waals surface area contributed by atoms with Crippen molar-refractivity contribution in [1.82, 2.24) is 15.3 Å². The van der Waals surface area contributed by atoms with Gasteiger partial charge in [-0.1, -0.05) is 25.1 Å². The van der Waals surface area contributed by atoms with Crippen molar-refractivity contribution >= 4 is 29.1 Å². The number of anilines is 2. The lowest BCUT2D eigenvalue weighted by Gasteiger charge is -2.32. The number of nitrogens with one attached hydrogen (secondary N) is 2. The lowest BCUT2D eigenvalue weighted by molar-refractivity contribution is 0.440. The van der Waals surface area contributed by atoms with Gasteiger partial charge in [-0.2, -0.15) is 9.97 Å². The summed E-state index contributed by atoms with van der Waals surface area (Å²) >= 11 is 5.35. The van der Waals surface area contributed by atoms with E-state index in [1.54, 1.807) is 0 Å². The van der Waals surface area contributed by atoms with E-state index < -0.39 is 0 Å². The third kappa shape index (κ3) is 5.79. The minimum atomic E-state index is 0.233. The van der Waals surface area contributed by atoms with Crippen molar-refractivity contribution in [2.75, 3.05) is 23.3 Å². The highest BCUT2D eigenvalue weighted by atomic mass is 32.1. The highest BCUT2D eigenvalue weighted by Crippen LogP contribution is 2.27. The first kappa shape index (κ1) is 19.4. The van der Waals surface area contributed by atoms with E-state index in [0.717, 1.165) is 31.1 Å². The van der Waals surface area contributed by atoms with Crippen molar-refractivity contribution in [3.8, 4) is 11.6 Å². The Morgan fingerprint density at radius 3 is 2.74 bits per heavy atom. The fourth-order valence-corrected chi connectivity index (χ4v) is 3.42. The average Bonchev–Trinajstić information content (AvgIpc) is 2.61. The van der Waals surface area contributed by atoms with Crippen LogP contribution in [-0.4, -0.2) is 34.2 Å². The third-order valence-corrected chi connectivity index (χ3v) is 4.50. The number of thiocarbonyl (C=S) groups is 1. The zero-order valence-corrected chi connectivity index (χ0v) is 16.9. The van der Waals surface area contributed by atoms with Crippen LogP contribution in [0.15, 0.2) is 36.4 Å². The lowest BCUT2D eigenvalue weighted by Crippen LogP contribution is -2.36. The van der Waals surface area contributed by atoms with Gasteiger partial charge in [-0.05, 0) is 57.0 Å². The van der Waals surface area contributed by atoms with Gasteiger partial charge in [-0.15, -0.1) is 0 Å². The standard InChI is InChI=1S/C20H27N5OS/c1-14(2)21-20(27)24-19-22-17(25-11-7-8-15(3)13-25)12-18(23-19)26-16-9-5-4-6-10-16/h4-6,9-10,12,14-15H,7-8,11,13H2,1-3H3,(H2,21,22,23,24,27)/t15-/m0/s1. The van der Waals surface area contributed by atoms with Gasteiger partial charge in [0.1, 0.15) is 11.6 Å². The normalized spacial score (nSPS) is 16.9. The molecule has 2 aromatic rings. The highest BCUT2D eigenvalue weighted by Gasteiger charge is 2.20. The Kier molecular flexibility index (Phi) is 6.45. The zero-order valence-electron chi connectivity index (χ0n) is 16.1. The number of benzene rings is 1. The van der Waals surface area contributed by atoms with E-state index in [4.69, 9.17) is 17.0 Å². The van der Waals surface area contributed by atoms with Crippen molar-refractivity contribution in [1.29, 1.82) is 0 Å². The van der Waals surface area contributed by atoms with Gasteiger partial charge in [0, 0.05) is 25.2 Å². The van der Waals surface area contributed by atoms with Crippen LogP contribution >= 0.6 is 12.2 Å². The summed E-state index contributed by atoms with van der Waals surface area (Å²) < 4.78 is 5.96. The maximum Gasteiger partial charge on any atom is 0.234 e. The molecule has 3 rings (SSSR count). The number of rotatable bonds is 5. The number of ether oxygens (including phenoxy) is 1. The molecule has 0 bridgehead atoms. The van der Waals surface area contributed by atoms with E-state index >= 15 is 0 Å². The van der Waals surface area contributed by atoms with Gasteiger partial charge in [0.05, 0.1) is 0 Å². The van der Waals surface area contributed by atoms with Gasteiger partial charge >= 0.3 is 0 Å². The van der Waals surface area contributed by atoms with E-state index in [1.807, 2.05) is 50.2 Å². The first-order chi connectivity index (χ1) is 13.0. The molecule has 1 saturated heterocycles. The van der Waals surface area contributed by atoms with Crippen molar-refractivity contribution < 1.29 is 4.74 Å². The Bertz CT molecular complexity index is 768. The second-order valence-electron chi connectivity index (χ2n) is 7.25. The summed E-state index contributed by atoms with van der Waals surface area (Å²) in [5.41, 5.74) is 0. The monoisotopic (exact) mass is 385 g/mol. The summed E-state index contributed by atoms with van der Waals surface area (Å²) in [5.74, 6) is 3.18. The molecular formula is C20H27N5OS. The summed E-state index contributed by atoms with van der Waals surface area (Å²) in [5, 5.41) is 6.73. The van der Waals surface area contributed by atoms with Crippen LogP contribution in [0.2, 0.25) is 0 Å². The molecule has 144 valence electrons. The summed E-state index contributed by atoms with van der Waals surface area (Å²) in [6.45, 7) is 8.31. The van der Waals surface area contributed by atoms with Crippen LogP contribution in [0.25, 0.3) is 0 Å². The summed E-state index contributed by atoms with van der Waals surface area (Å²) in [6, 6.07) is 11.8. The molecule has 1 aliphatic heterocycles. The van der Waals surface area contributed by atoms with Crippen molar-refractivity contribution in [3.05, 3.63) is 36.4 Å². The second-order valence-corrected chi connectivity index (χ2v) is 7.66. The Labute approximate surface area is 166 Å². The van der Waals surface area contributed by atoms with Crippen LogP contribution in [0.1, 0.15) is 33.6 Å². The SMILES string of the molecule is CC(C)NC(=S)Nc1nc(Oc2ccccc2)cc(N2CCC[C@H](C)C2)n1. The molecule has 0 spiro atoms. The van der Waals surface area contributed by atoms with Crippen LogP contribution in [0.5, 0.6) is 11.6 Å². The molecular weight excluding hydrogens is 358 g/mol. The molecule has 7 heteroatoms.